The molecule has 2 unspecified atom stereocenters. The van der Waals surface area contributed by atoms with E-state index in [9.17, 15) is 9.90 Å². The highest BCUT2D eigenvalue weighted by Crippen LogP contribution is 2.28. The van der Waals surface area contributed by atoms with Gasteiger partial charge in [0.25, 0.3) is 0 Å². The average molecular weight is 399 g/mol. The van der Waals surface area contributed by atoms with Gasteiger partial charge in [0.15, 0.2) is 5.82 Å². The van der Waals surface area contributed by atoms with E-state index in [2.05, 4.69) is 28.6 Å². The van der Waals surface area contributed by atoms with E-state index in [1.807, 2.05) is 17.0 Å². The number of aryl methyl sites for hydroxylation is 1. The number of nitrogens with zero attached hydrogens (tertiary/aromatic N) is 4. The van der Waals surface area contributed by atoms with Gasteiger partial charge in [0.2, 0.25) is 5.91 Å². The molecule has 7 nitrogen and oxygen atoms in total. The van der Waals surface area contributed by atoms with E-state index in [-0.39, 0.29) is 23.7 Å². The van der Waals surface area contributed by atoms with Gasteiger partial charge < -0.3 is 19.3 Å². The van der Waals surface area contributed by atoms with Crippen molar-refractivity contribution in [2.45, 2.75) is 52.2 Å². The van der Waals surface area contributed by atoms with Crippen LogP contribution in [-0.4, -0.2) is 56.5 Å². The molecule has 1 N–H and O–H groups in total. The SMILES string of the molecule is CC(C)CCOC1CCN(C(=O)C2CCc3nnc(-c4ccc(O)cc4)n3C2)C1. The number of phenols is 1. The summed E-state index contributed by atoms with van der Waals surface area (Å²) in [6.45, 7) is 7.25. The zero-order valence-electron chi connectivity index (χ0n) is 17.3. The summed E-state index contributed by atoms with van der Waals surface area (Å²) >= 11 is 0. The van der Waals surface area contributed by atoms with Crippen molar-refractivity contribution in [3.05, 3.63) is 30.1 Å². The molecular formula is C22H30N4O3. The summed E-state index contributed by atoms with van der Waals surface area (Å²) in [4.78, 5) is 15.1. The summed E-state index contributed by atoms with van der Waals surface area (Å²) in [5.41, 5.74) is 0.898. The summed E-state index contributed by atoms with van der Waals surface area (Å²) in [6, 6.07) is 6.95. The first-order valence-corrected chi connectivity index (χ1v) is 10.6. The van der Waals surface area contributed by atoms with Crippen molar-refractivity contribution in [3.8, 4) is 17.1 Å². The van der Waals surface area contributed by atoms with Crippen LogP contribution < -0.4 is 0 Å². The zero-order chi connectivity index (χ0) is 20.4. The number of fused-ring (bicyclic) bond motifs is 1. The smallest absolute Gasteiger partial charge is 0.227 e. The van der Waals surface area contributed by atoms with Crippen LogP contribution >= 0.6 is 0 Å². The fourth-order valence-corrected chi connectivity index (χ4v) is 4.15. The Labute approximate surface area is 171 Å². The summed E-state index contributed by atoms with van der Waals surface area (Å²) in [5, 5.41) is 18.2. The number of rotatable bonds is 6. The number of ether oxygens (including phenoxy) is 1. The Morgan fingerprint density at radius 3 is 2.76 bits per heavy atom. The number of aromatic hydroxyl groups is 1. The van der Waals surface area contributed by atoms with Crippen molar-refractivity contribution in [1.29, 1.82) is 0 Å². The molecule has 2 aromatic rings. The number of carbonyl (C=O) groups excluding carboxylic acids is 1. The maximum Gasteiger partial charge on any atom is 0.227 e. The Kier molecular flexibility index (Phi) is 5.85. The monoisotopic (exact) mass is 398 g/mol. The van der Waals surface area contributed by atoms with Crippen molar-refractivity contribution in [3.63, 3.8) is 0 Å². The second-order valence-corrected chi connectivity index (χ2v) is 8.58. The first kappa shape index (κ1) is 19.9. The molecule has 4 rings (SSSR count). The van der Waals surface area contributed by atoms with Gasteiger partial charge in [-0.25, -0.2) is 0 Å². The molecule has 2 aliphatic heterocycles. The fourth-order valence-electron chi connectivity index (χ4n) is 4.15. The quantitative estimate of drug-likeness (QED) is 0.809. The van der Waals surface area contributed by atoms with E-state index < -0.39 is 0 Å². The van der Waals surface area contributed by atoms with E-state index in [0.717, 1.165) is 56.0 Å². The molecule has 0 radical (unpaired) electrons. The fraction of sp³-hybridized carbons (Fsp3) is 0.591. The number of phenolic OH excluding ortho intramolecular Hbond substituents is 1. The Bertz CT molecular complexity index is 846. The van der Waals surface area contributed by atoms with E-state index >= 15 is 0 Å². The highest BCUT2D eigenvalue weighted by Gasteiger charge is 2.34. The second-order valence-electron chi connectivity index (χ2n) is 8.58. The molecule has 2 atom stereocenters. The third-order valence-electron chi connectivity index (χ3n) is 5.93. The molecule has 156 valence electrons. The third-order valence-corrected chi connectivity index (χ3v) is 5.93. The number of hydrogen-bond acceptors (Lipinski definition) is 5. The van der Waals surface area contributed by atoms with E-state index in [0.29, 0.717) is 19.0 Å². The van der Waals surface area contributed by atoms with Crippen molar-refractivity contribution < 1.29 is 14.6 Å². The lowest BCUT2D eigenvalue weighted by molar-refractivity contribution is -0.136. The molecule has 29 heavy (non-hydrogen) atoms. The lowest BCUT2D eigenvalue weighted by Gasteiger charge is -2.27. The van der Waals surface area contributed by atoms with Crippen LogP contribution in [-0.2, 0) is 22.5 Å². The van der Waals surface area contributed by atoms with Gasteiger partial charge in [-0.05, 0) is 49.4 Å². The molecule has 1 fully saturated rings. The van der Waals surface area contributed by atoms with Gasteiger partial charge in [0.05, 0.1) is 12.0 Å². The molecule has 1 amide bonds. The Hall–Kier alpha value is -2.41. The molecule has 0 saturated carbocycles. The van der Waals surface area contributed by atoms with Crippen LogP contribution in [0.1, 0.15) is 38.9 Å². The Morgan fingerprint density at radius 2 is 2.00 bits per heavy atom. The lowest BCUT2D eigenvalue weighted by atomic mass is 9.97. The third kappa shape index (κ3) is 4.45. The summed E-state index contributed by atoms with van der Waals surface area (Å²) in [6.07, 6.45) is 3.71. The summed E-state index contributed by atoms with van der Waals surface area (Å²) in [5.74, 6) is 2.71. The number of carbonyl (C=O) groups is 1. The molecule has 0 spiro atoms. The van der Waals surface area contributed by atoms with E-state index in [1.165, 1.54) is 0 Å². The van der Waals surface area contributed by atoms with Crippen LogP contribution in [0, 0.1) is 11.8 Å². The van der Waals surface area contributed by atoms with Gasteiger partial charge in [-0.15, -0.1) is 10.2 Å². The van der Waals surface area contributed by atoms with Gasteiger partial charge in [-0.3, -0.25) is 4.79 Å². The summed E-state index contributed by atoms with van der Waals surface area (Å²) < 4.78 is 8.03. The highest BCUT2D eigenvalue weighted by atomic mass is 16.5. The number of aromatic nitrogens is 3. The lowest BCUT2D eigenvalue weighted by Crippen LogP contribution is -2.39. The van der Waals surface area contributed by atoms with Crippen molar-refractivity contribution in [2.24, 2.45) is 11.8 Å². The molecule has 0 aliphatic carbocycles. The minimum Gasteiger partial charge on any atom is -0.508 e. The normalized spacial score (nSPS) is 21.6. The van der Waals surface area contributed by atoms with Crippen LogP contribution in [0.3, 0.4) is 0 Å². The molecular weight excluding hydrogens is 368 g/mol. The molecule has 7 heteroatoms. The van der Waals surface area contributed by atoms with Crippen LogP contribution in [0.25, 0.3) is 11.4 Å². The van der Waals surface area contributed by atoms with Gasteiger partial charge in [0.1, 0.15) is 11.6 Å². The average Bonchev–Trinajstić information content (AvgIpc) is 3.34. The maximum atomic E-state index is 13.1. The largest absolute Gasteiger partial charge is 0.508 e. The highest BCUT2D eigenvalue weighted by molar-refractivity contribution is 5.79. The van der Waals surface area contributed by atoms with E-state index in [4.69, 9.17) is 4.74 Å². The molecule has 3 heterocycles. The molecule has 1 saturated heterocycles. The van der Waals surface area contributed by atoms with Gasteiger partial charge in [-0.2, -0.15) is 0 Å². The predicted octanol–water partition coefficient (Wildman–Crippen LogP) is 2.88. The van der Waals surface area contributed by atoms with Crippen molar-refractivity contribution in [1.82, 2.24) is 19.7 Å². The molecule has 1 aromatic carbocycles. The molecule has 1 aromatic heterocycles. The first-order valence-electron chi connectivity index (χ1n) is 10.6. The summed E-state index contributed by atoms with van der Waals surface area (Å²) in [7, 11) is 0. The van der Waals surface area contributed by atoms with Crippen molar-refractivity contribution in [2.75, 3.05) is 19.7 Å². The van der Waals surface area contributed by atoms with Gasteiger partial charge in [0, 0.05) is 38.2 Å². The topological polar surface area (TPSA) is 80.5 Å². The number of likely N-dealkylation sites (tertiary alicyclic amines) is 1. The minimum atomic E-state index is -0.0521. The molecule has 2 aliphatic rings. The van der Waals surface area contributed by atoms with Gasteiger partial charge in [-0.1, -0.05) is 13.8 Å². The zero-order valence-corrected chi connectivity index (χ0v) is 17.3. The Morgan fingerprint density at radius 1 is 1.21 bits per heavy atom. The van der Waals surface area contributed by atoms with Crippen LogP contribution in [0.2, 0.25) is 0 Å². The predicted molar refractivity (Wildman–Crippen MR) is 109 cm³/mol. The number of hydrogen-bond donors (Lipinski definition) is 1. The standard InChI is InChI=1S/C22H30N4O3/c1-15(2)10-12-29-19-9-11-25(14-19)22(28)17-5-8-20-23-24-21(26(20)13-17)16-3-6-18(27)7-4-16/h3-4,6-7,15,17,19,27H,5,8-14H2,1-2H3. The minimum absolute atomic E-state index is 0.0521. The number of amides is 1. The second kappa shape index (κ2) is 8.53. The first-order chi connectivity index (χ1) is 14.0. The van der Waals surface area contributed by atoms with Crippen LogP contribution in [0.4, 0.5) is 0 Å². The molecule has 0 bridgehead atoms. The van der Waals surface area contributed by atoms with Gasteiger partial charge >= 0.3 is 0 Å². The van der Waals surface area contributed by atoms with Crippen LogP contribution in [0.5, 0.6) is 5.75 Å². The van der Waals surface area contributed by atoms with E-state index in [1.54, 1.807) is 12.1 Å². The Balaban J connectivity index is 1.39. The van der Waals surface area contributed by atoms with Crippen molar-refractivity contribution >= 4 is 5.91 Å². The van der Waals surface area contributed by atoms with Crippen LogP contribution in [0.15, 0.2) is 24.3 Å². The number of benzene rings is 1. The maximum absolute atomic E-state index is 13.1.